The number of hydrogen-bond donors (Lipinski definition) is 0. The molecule has 2 aromatic rings. The molecular weight excluding hydrogens is 384 g/mol. The fraction of sp³-hybridized carbons (Fsp3) is 0.519. The molecule has 1 aliphatic rings. The molecule has 168 valence electrons. The Morgan fingerprint density at radius 3 is 2.32 bits per heavy atom. The molecule has 1 fully saturated rings. The predicted molar refractivity (Wildman–Crippen MR) is 128 cm³/mol. The number of piperidine rings is 1. The number of aryl methyl sites for hydroxylation is 1. The molecule has 0 aromatic heterocycles. The largest absolute Gasteiger partial charge is 0.489 e. The van der Waals surface area contributed by atoms with Gasteiger partial charge in [0.05, 0.1) is 0 Å². The normalized spacial score (nSPS) is 15.1. The Morgan fingerprint density at radius 1 is 1.03 bits per heavy atom. The summed E-state index contributed by atoms with van der Waals surface area (Å²) in [6.07, 6.45) is 3.99. The monoisotopic (exact) mass is 422 g/mol. The number of amides is 1. The second-order valence-electron chi connectivity index (χ2n) is 8.68. The van der Waals surface area contributed by atoms with Gasteiger partial charge in [-0.15, -0.1) is 0 Å². The van der Waals surface area contributed by atoms with E-state index >= 15 is 0 Å². The molecule has 3 rings (SSSR count). The van der Waals surface area contributed by atoms with Gasteiger partial charge in [0.2, 0.25) is 5.91 Å². The summed E-state index contributed by atoms with van der Waals surface area (Å²) < 4.78 is 5.95. The zero-order valence-electron chi connectivity index (χ0n) is 19.5. The smallest absolute Gasteiger partial charge is 0.223 e. The molecule has 1 amide bonds. The van der Waals surface area contributed by atoms with Crippen molar-refractivity contribution in [2.75, 3.05) is 32.7 Å². The van der Waals surface area contributed by atoms with Gasteiger partial charge in [-0.05, 0) is 75.4 Å². The first-order chi connectivity index (χ1) is 15.1. The standard InChI is InChI=1S/C27H38N2O2/c1-4-17-29(5-2)27(30)16-20-28-18-14-25(15-19-28)24-10-12-26(13-11-24)31-21-23-8-6-22(3)7-9-23/h6-13,25H,4-5,14-21H2,1-3H3. The molecule has 4 heteroatoms. The molecule has 0 radical (unpaired) electrons. The van der Waals surface area contributed by atoms with Crippen LogP contribution in [0.2, 0.25) is 0 Å². The topological polar surface area (TPSA) is 32.8 Å². The maximum Gasteiger partial charge on any atom is 0.223 e. The summed E-state index contributed by atoms with van der Waals surface area (Å²) in [5.41, 5.74) is 3.86. The number of rotatable bonds is 10. The molecule has 0 saturated carbocycles. The Hall–Kier alpha value is -2.33. The number of benzene rings is 2. The maximum absolute atomic E-state index is 12.4. The Labute approximate surface area is 188 Å². The minimum absolute atomic E-state index is 0.299. The van der Waals surface area contributed by atoms with Crippen molar-refractivity contribution in [3.05, 3.63) is 65.2 Å². The molecule has 0 spiro atoms. The van der Waals surface area contributed by atoms with Gasteiger partial charge >= 0.3 is 0 Å². The van der Waals surface area contributed by atoms with Crippen molar-refractivity contribution in [2.45, 2.75) is 59.0 Å². The van der Waals surface area contributed by atoms with Crippen LogP contribution >= 0.6 is 0 Å². The fourth-order valence-corrected chi connectivity index (χ4v) is 4.32. The van der Waals surface area contributed by atoms with E-state index in [0.717, 1.165) is 57.7 Å². The molecule has 2 aromatic carbocycles. The van der Waals surface area contributed by atoms with Crippen LogP contribution in [0.4, 0.5) is 0 Å². The Bertz CT molecular complexity index is 793. The van der Waals surface area contributed by atoms with Gasteiger partial charge in [-0.25, -0.2) is 0 Å². The molecule has 1 saturated heterocycles. The van der Waals surface area contributed by atoms with Gasteiger partial charge in [0.15, 0.2) is 0 Å². The van der Waals surface area contributed by atoms with Crippen LogP contribution in [0.1, 0.15) is 62.1 Å². The highest BCUT2D eigenvalue weighted by atomic mass is 16.5. The summed E-state index contributed by atoms with van der Waals surface area (Å²) in [4.78, 5) is 16.8. The van der Waals surface area contributed by atoms with Gasteiger partial charge in [-0.1, -0.05) is 48.9 Å². The molecule has 0 N–H and O–H groups in total. The van der Waals surface area contributed by atoms with Crippen molar-refractivity contribution >= 4 is 5.91 Å². The second-order valence-corrected chi connectivity index (χ2v) is 8.68. The van der Waals surface area contributed by atoms with E-state index in [1.807, 2.05) is 4.90 Å². The van der Waals surface area contributed by atoms with Crippen LogP contribution in [0.25, 0.3) is 0 Å². The maximum atomic E-state index is 12.4. The van der Waals surface area contributed by atoms with E-state index < -0.39 is 0 Å². The summed E-state index contributed by atoms with van der Waals surface area (Å²) in [7, 11) is 0. The first kappa shape index (κ1) is 23.3. The molecule has 1 aliphatic heterocycles. The minimum atomic E-state index is 0.299. The van der Waals surface area contributed by atoms with Gasteiger partial charge in [0.1, 0.15) is 12.4 Å². The molecular formula is C27H38N2O2. The zero-order valence-corrected chi connectivity index (χ0v) is 19.5. The van der Waals surface area contributed by atoms with Crippen LogP contribution in [0.3, 0.4) is 0 Å². The molecule has 0 bridgehead atoms. The highest BCUT2D eigenvalue weighted by molar-refractivity contribution is 5.76. The Morgan fingerprint density at radius 2 is 1.71 bits per heavy atom. The van der Waals surface area contributed by atoms with E-state index in [0.29, 0.717) is 24.9 Å². The summed E-state index contributed by atoms with van der Waals surface area (Å²) in [6, 6.07) is 17.1. The third kappa shape index (κ3) is 7.10. The summed E-state index contributed by atoms with van der Waals surface area (Å²) >= 11 is 0. The second kappa shape index (κ2) is 11.9. The molecule has 0 unspecified atom stereocenters. The van der Waals surface area contributed by atoms with Crippen molar-refractivity contribution in [1.29, 1.82) is 0 Å². The van der Waals surface area contributed by atoms with E-state index in [4.69, 9.17) is 4.74 Å². The number of hydrogen-bond acceptors (Lipinski definition) is 3. The summed E-state index contributed by atoms with van der Waals surface area (Å²) in [5, 5.41) is 0. The lowest BCUT2D eigenvalue weighted by molar-refractivity contribution is -0.131. The highest BCUT2D eigenvalue weighted by Gasteiger charge is 2.21. The van der Waals surface area contributed by atoms with Crippen LogP contribution < -0.4 is 4.74 Å². The number of carbonyl (C=O) groups is 1. The summed E-state index contributed by atoms with van der Waals surface area (Å²) in [5.74, 6) is 1.82. The fourth-order valence-electron chi connectivity index (χ4n) is 4.32. The average Bonchev–Trinajstić information content (AvgIpc) is 2.81. The third-order valence-electron chi connectivity index (χ3n) is 6.34. The number of nitrogens with zero attached hydrogens (tertiary/aromatic N) is 2. The first-order valence-corrected chi connectivity index (χ1v) is 11.9. The van der Waals surface area contributed by atoms with Gasteiger partial charge in [0, 0.05) is 26.1 Å². The number of ether oxygens (including phenoxy) is 1. The quantitative estimate of drug-likeness (QED) is 0.514. The van der Waals surface area contributed by atoms with Crippen molar-refractivity contribution in [2.24, 2.45) is 0 Å². The van der Waals surface area contributed by atoms with Crippen molar-refractivity contribution in [3.63, 3.8) is 0 Å². The molecule has 0 aliphatic carbocycles. The minimum Gasteiger partial charge on any atom is -0.489 e. The van der Waals surface area contributed by atoms with Gasteiger partial charge in [-0.3, -0.25) is 4.79 Å². The zero-order chi connectivity index (χ0) is 22.1. The van der Waals surface area contributed by atoms with Crippen molar-refractivity contribution < 1.29 is 9.53 Å². The SMILES string of the molecule is CCCN(CC)C(=O)CCN1CCC(c2ccc(OCc3ccc(C)cc3)cc2)CC1. The van der Waals surface area contributed by atoms with Crippen LogP contribution in [-0.2, 0) is 11.4 Å². The number of likely N-dealkylation sites (tertiary alicyclic amines) is 1. The highest BCUT2D eigenvalue weighted by Crippen LogP contribution is 2.29. The van der Waals surface area contributed by atoms with E-state index in [-0.39, 0.29) is 0 Å². The molecule has 4 nitrogen and oxygen atoms in total. The lowest BCUT2D eigenvalue weighted by atomic mass is 9.89. The molecule has 1 heterocycles. The van der Waals surface area contributed by atoms with Crippen molar-refractivity contribution in [3.8, 4) is 5.75 Å². The Kier molecular flexibility index (Phi) is 8.96. The van der Waals surface area contributed by atoms with Gasteiger partial charge < -0.3 is 14.5 Å². The average molecular weight is 423 g/mol. The first-order valence-electron chi connectivity index (χ1n) is 11.9. The summed E-state index contributed by atoms with van der Waals surface area (Å²) in [6.45, 7) is 11.6. The van der Waals surface area contributed by atoms with Gasteiger partial charge in [-0.2, -0.15) is 0 Å². The molecule has 0 atom stereocenters. The third-order valence-corrected chi connectivity index (χ3v) is 6.34. The molecule has 31 heavy (non-hydrogen) atoms. The van der Waals surface area contributed by atoms with E-state index in [1.54, 1.807) is 0 Å². The number of carbonyl (C=O) groups excluding carboxylic acids is 1. The predicted octanol–water partition coefficient (Wildman–Crippen LogP) is 5.40. The van der Waals surface area contributed by atoms with E-state index in [1.165, 1.54) is 16.7 Å². The van der Waals surface area contributed by atoms with E-state index in [2.05, 4.69) is 74.2 Å². The van der Waals surface area contributed by atoms with Crippen LogP contribution in [0, 0.1) is 6.92 Å². The lowest BCUT2D eigenvalue weighted by Crippen LogP contribution is -2.38. The van der Waals surface area contributed by atoms with Crippen LogP contribution in [-0.4, -0.2) is 48.4 Å². The van der Waals surface area contributed by atoms with Crippen LogP contribution in [0.15, 0.2) is 48.5 Å². The van der Waals surface area contributed by atoms with Crippen molar-refractivity contribution in [1.82, 2.24) is 9.80 Å². The van der Waals surface area contributed by atoms with Gasteiger partial charge in [0.25, 0.3) is 0 Å². The lowest BCUT2D eigenvalue weighted by Gasteiger charge is -2.32. The van der Waals surface area contributed by atoms with E-state index in [9.17, 15) is 4.79 Å². The Balaban J connectivity index is 1.41. The van der Waals surface area contributed by atoms with Crippen LogP contribution in [0.5, 0.6) is 5.75 Å².